The van der Waals surface area contributed by atoms with Gasteiger partial charge >= 0.3 is 0 Å². The van der Waals surface area contributed by atoms with E-state index < -0.39 is 0 Å². The van der Waals surface area contributed by atoms with E-state index in [2.05, 4.69) is 40.6 Å². The first kappa shape index (κ1) is 15.1. The number of fused-ring (bicyclic) bond motifs is 2. The maximum atomic E-state index is 4.68. The average molecular weight is 340 g/mol. The standard InChI is InChI=1S/C17H24N8/c1-10-3-15(20-16-4-11(2)22-23-16)21-17(18-10)25-8-14(9-25)24-6-12-5-13(7-24)19-12/h3-4,12-14,19H,5-9H2,1-2H3,(H2,18,20,21,22,23). The van der Waals surface area contributed by atoms with Crippen molar-refractivity contribution in [2.24, 2.45) is 0 Å². The molecule has 25 heavy (non-hydrogen) atoms. The molecular weight excluding hydrogens is 316 g/mol. The van der Waals surface area contributed by atoms with Gasteiger partial charge in [-0.2, -0.15) is 10.1 Å². The second kappa shape index (κ2) is 5.67. The van der Waals surface area contributed by atoms with Crippen LogP contribution in [0.3, 0.4) is 0 Å². The molecule has 2 unspecified atom stereocenters. The lowest BCUT2D eigenvalue weighted by atomic mass is 9.89. The number of nitrogens with zero attached hydrogens (tertiary/aromatic N) is 5. The SMILES string of the molecule is Cc1cc(Nc2cc(C)[nH]n2)nc(N2CC(N3CC4CC(C3)N4)C2)n1. The predicted octanol–water partition coefficient (Wildman–Crippen LogP) is 0.795. The molecule has 0 aromatic carbocycles. The number of aromatic nitrogens is 4. The van der Waals surface area contributed by atoms with Gasteiger partial charge in [0.25, 0.3) is 0 Å². The summed E-state index contributed by atoms with van der Waals surface area (Å²) < 4.78 is 0. The van der Waals surface area contributed by atoms with Crippen molar-refractivity contribution in [2.45, 2.75) is 38.4 Å². The van der Waals surface area contributed by atoms with Crippen LogP contribution >= 0.6 is 0 Å². The fraction of sp³-hybridized carbons (Fsp3) is 0.588. The van der Waals surface area contributed by atoms with Crippen LogP contribution in [0.1, 0.15) is 17.8 Å². The molecule has 4 fully saturated rings. The highest BCUT2D eigenvalue weighted by molar-refractivity contribution is 5.54. The van der Waals surface area contributed by atoms with Gasteiger partial charge in [0.2, 0.25) is 5.95 Å². The number of hydrogen-bond donors (Lipinski definition) is 3. The van der Waals surface area contributed by atoms with Crippen LogP contribution in [0.2, 0.25) is 0 Å². The Morgan fingerprint density at radius 2 is 1.80 bits per heavy atom. The molecule has 8 nitrogen and oxygen atoms in total. The Balaban J connectivity index is 1.25. The van der Waals surface area contributed by atoms with E-state index in [4.69, 9.17) is 0 Å². The highest BCUT2D eigenvalue weighted by atomic mass is 15.4. The molecule has 2 bridgehead atoms. The van der Waals surface area contributed by atoms with Crippen LogP contribution in [-0.2, 0) is 0 Å². The van der Waals surface area contributed by atoms with Crippen LogP contribution in [0.5, 0.6) is 0 Å². The molecule has 3 N–H and O–H groups in total. The third kappa shape index (κ3) is 2.85. The number of piperidine rings is 1. The van der Waals surface area contributed by atoms with E-state index in [9.17, 15) is 0 Å². The van der Waals surface area contributed by atoms with Crippen molar-refractivity contribution in [3.8, 4) is 0 Å². The molecule has 0 saturated carbocycles. The molecule has 4 saturated heterocycles. The number of H-pyrrole nitrogens is 1. The summed E-state index contributed by atoms with van der Waals surface area (Å²) in [4.78, 5) is 14.2. The highest BCUT2D eigenvalue weighted by Gasteiger charge is 2.42. The quantitative estimate of drug-likeness (QED) is 0.759. The summed E-state index contributed by atoms with van der Waals surface area (Å²) in [6.45, 7) is 8.40. The molecule has 2 aromatic heterocycles. The zero-order valence-corrected chi connectivity index (χ0v) is 14.7. The zero-order chi connectivity index (χ0) is 17.0. The van der Waals surface area contributed by atoms with E-state index in [1.165, 1.54) is 19.5 Å². The lowest BCUT2D eigenvalue weighted by molar-refractivity contribution is 0.0357. The molecule has 2 aromatic rings. The number of hydrogen-bond acceptors (Lipinski definition) is 7. The van der Waals surface area contributed by atoms with Crippen LogP contribution in [0.15, 0.2) is 12.1 Å². The molecule has 4 aliphatic heterocycles. The minimum Gasteiger partial charge on any atom is -0.337 e. The number of aryl methyl sites for hydroxylation is 2. The van der Waals surface area contributed by atoms with E-state index in [1.54, 1.807) is 0 Å². The second-order valence-electron chi connectivity index (χ2n) is 7.56. The van der Waals surface area contributed by atoms with E-state index >= 15 is 0 Å². The third-order valence-corrected chi connectivity index (χ3v) is 5.42. The molecule has 8 heteroatoms. The summed E-state index contributed by atoms with van der Waals surface area (Å²) in [6.07, 6.45) is 1.36. The van der Waals surface area contributed by atoms with Gasteiger partial charge in [-0.05, 0) is 20.3 Å². The van der Waals surface area contributed by atoms with Crippen molar-refractivity contribution < 1.29 is 0 Å². The van der Waals surface area contributed by atoms with Gasteiger partial charge in [0, 0.05) is 67.8 Å². The number of anilines is 3. The monoisotopic (exact) mass is 340 g/mol. The molecule has 0 amide bonds. The molecule has 4 aliphatic rings. The molecule has 132 valence electrons. The van der Waals surface area contributed by atoms with Gasteiger partial charge in [-0.1, -0.05) is 0 Å². The highest BCUT2D eigenvalue weighted by Crippen LogP contribution is 2.28. The van der Waals surface area contributed by atoms with Crippen LogP contribution in [0.4, 0.5) is 17.6 Å². The minimum absolute atomic E-state index is 0.641. The number of aromatic amines is 1. The van der Waals surface area contributed by atoms with Crippen molar-refractivity contribution in [3.63, 3.8) is 0 Å². The Morgan fingerprint density at radius 1 is 1.04 bits per heavy atom. The first-order valence-corrected chi connectivity index (χ1v) is 9.02. The van der Waals surface area contributed by atoms with Crippen molar-refractivity contribution in [1.82, 2.24) is 30.4 Å². The largest absolute Gasteiger partial charge is 0.337 e. The lowest BCUT2D eigenvalue weighted by Gasteiger charge is -2.54. The van der Waals surface area contributed by atoms with Crippen LogP contribution < -0.4 is 15.5 Å². The van der Waals surface area contributed by atoms with E-state index in [0.29, 0.717) is 6.04 Å². The first-order valence-electron chi connectivity index (χ1n) is 9.02. The Hall–Kier alpha value is -2.19. The van der Waals surface area contributed by atoms with Gasteiger partial charge in [0.1, 0.15) is 5.82 Å². The zero-order valence-electron chi connectivity index (χ0n) is 14.7. The Kier molecular flexibility index (Phi) is 3.42. The maximum Gasteiger partial charge on any atom is 0.227 e. The Labute approximate surface area is 147 Å². The number of rotatable bonds is 4. The van der Waals surface area contributed by atoms with Gasteiger partial charge in [-0.25, -0.2) is 4.98 Å². The second-order valence-corrected chi connectivity index (χ2v) is 7.56. The lowest BCUT2D eigenvalue weighted by Crippen LogP contribution is -2.72. The molecule has 0 spiro atoms. The summed E-state index contributed by atoms with van der Waals surface area (Å²) >= 11 is 0. The van der Waals surface area contributed by atoms with Gasteiger partial charge in [0.15, 0.2) is 5.82 Å². The van der Waals surface area contributed by atoms with E-state index in [0.717, 1.165) is 54.1 Å². The maximum absolute atomic E-state index is 4.68. The third-order valence-electron chi connectivity index (χ3n) is 5.42. The predicted molar refractivity (Wildman–Crippen MR) is 96.3 cm³/mol. The minimum atomic E-state index is 0.641. The Bertz CT molecular complexity index is 765. The molecule has 2 atom stereocenters. The Morgan fingerprint density at radius 3 is 2.48 bits per heavy atom. The van der Waals surface area contributed by atoms with Gasteiger partial charge < -0.3 is 15.5 Å². The summed E-state index contributed by atoms with van der Waals surface area (Å²) in [5, 5.41) is 14.0. The molecular formula is C17H24N8. The summed E-state index contributed by atoms with van der Waals surface area (Å²) in [5.74, 6) is 2.38. The molecule has 0 aliphatic carbocycles. The fourth-order valence-corrected chi connectivity index (χ4v) is 4.07. The van der Waals surface area contributed by atoms with Crippen LogP contribution in [-0.4, -0.2) is 69.4 Å². The van der Waals surface area contributed by atoms with Crippen molar-refractivity contribution in [3.05, 3.63) is 23.5 Å². The van der Waals surface area contributed by atoms with Crippen LogP contribution in [0, 0.1) is 13.8 Å². The molecule has 0 radical (unpaired) electrons. The molecule has 6 rings (SSSR count). The topological polar surface area (TPSA) is 85.0 Å². The van der Waals surface area contributed by atoms with Gasteiger partial charge in [-0.3, -0.25) is 10.00 Å². The number of piperazine rings is 1. The summed E-state index contributed by atoms with van der Waals surface area (Å²) in [7, 11) is 0. The molecule has 6 heterocycles. The van der Waals surface area contributed by atoms with E-state index in [1.807, 2.05) is 26.0 Å². The van der Waals surface area contributed by atoms with Gasteiger partial charge in [-0.15, -0.1) is 0 Å². The van der Waals surface area contributed by atoms with Crippen molar-refractivity contribution >= 4 is 17.6 Å². The fourth-order valence-electron chi connectivity index (χ4n) is 4.07. The summed E-state index contributed by atoms with van der Waals surface area (Å²) in [5.41, 5.74) is 1.99. The van der Waals surface area contributed by atoms with Crippen molar-refractivity contribution in [1.29, 1.82) is 0 Å². The normalized spacial score (nSPS) is 26.2. The van der Waals surface area contributed by atoms with Crippen molar-refractivity contribution in [2.75, 3.05) is 36.4 Å². The first-order chi connectivity index (χ1) is 12.1. The van der Waals surface area contributed by atoms with E-state index in [-0.39, 0.29) is 0 Å². The summed E-state index contributed by atoms with van der Waals surface area (Å²) in [6, 6.07) is 6.00. The number of nitrogens with one attached hydrogen (secondary N) is 3. The average Bonchev–Trinajstić information content (AvgIpc) is 2.89. The van der Waals surface area contributed by atoms with Crippen LogP contribution in [0.25, 0.3) is 0 Å². The van der Waals surface area contributed by atoms with Gasteiger partial charge in [0.05, 0.1) is 0 Å². The smallest absolute Gasteiger partial charge is 0.227 e.